The molecule has 0 spiro atoms. The molecule has 0 aliphatic heterocycles. The van der Waals surface area contributed by atoms with Crippen molar-refractivity contribution in [2.45, 2.75) is 38.0 Å². The van der Waals surface area contributed by atoms with Crippen molar-refractivity contribution in [3.8, 4) is 29.5 Å². The third-order valence-corrected chi connectivity index (χ3v) is 5.25. The van der Waals surface area contributed by atoms with E-state index in [9.17, 15) is 15.8 Å². The first-order valence-corrected chi connectivity index (χ1v) is 9.05. The van der Waals surface area contributed by atoms with Crippen LogP contribution in [0.5, 0.6) is 0 Å². The minimum atomic E-state index is -1.51. The van der Waals surface area contributed by atoms with Gasteiger partial charge in [-0.2, -0.15) is 15.8 Å². The van der Waals surface area contributed by atoms with E-state index in [2.05, 4.69) is 31.7 Å². The van der Waals surface area contributed by atoms with Gasteiger partial charge in [-0.05, 0) is 36.3 Å². The first-order valence-electron chi connectivity index (χ1n) is 9.05. The summed E-state index contributed by atoms with van der Waals surface area (Å²) in [6.45, 7) is 5.85. The zero-order valence-corrected chi connectivity index (χ0v) is 15.4. The molecule has 0 amide bonds. The number of hydrogen-bond donors (Lipinski definition) is 0. The highest BCUT2D eigenvalue weighted by Crippen LogP contribution is 2.39. The Morgan fingerprint density at radius 2 is 1.89 bits per heavy atom. The molecule has 1 aromatic heterocycles. The Hall–Kier alpha value is -3.42. The van der Waals surface area contributed by atoms with E-state index in [0.717, 1.165) is 41.6 Å². The maximum atomic E-state index is 9.91. The van der Waals surface area contributed by atoms with Crippen molar-refractivity contribution in [1.29, 1.82) is 15.8 Å². The lowest BCUT2D eigenvalue weighted by atomic mass is 9.75. The van der Waals surface area contributed by atoms with E-state index in [1.165, 1.54) is 0 Å². The number of allylic oxidation sites excluding steroid dienone is 1. The molecule has 0 saturated carbocycles. The van der Waals surface area contributed by atoms with Gasteiger partial charge in [-0.1, -0.05) is 43.3 Å². The molecular weight excluding hydrogens is 332 g/mol. The van der Waals surface area contributed by atoms with Crippen LogP contribution in [0.25, 0.3) is 11.3 Å². The van der Waals surface area contributed by atoms with Gasteiger partial charge in [0.1, 0.15) is 6.07 Å². The molecule has 0 N–H and O–H groups in total. The van der Waals surface area contributed by atoms with Crippen LogP contribution in [0.1, 0.15) is 42.1 Å². The first kappa shape index (κ1) is 18.4. The number of aromatic nitrogens is 1. The average molecular weight is 352 g/mol. The van der Waals surface area contributed by atoms with Crippen LogP contribution in [0.4, 0.5) is 0 Å². The van der Waals surface area contributed by atoms with Crippen LogP contribution in [0.3, 0.4) is 0 Å². The molecule has 27 heavy (non-hydrogen) atoms. The molecule has 0 fully saturated rings. The van der Waals surface area contributed by atoms with Crippen molar-refractivity contribution in [1.82, 2.24) is 4.98 Å². The SMILES string of the molecule is C=CCC(C#N)(C#N)c1nc(-c2ccccc2)c2c(c1C#N)C[C@@H](C)CC2. The minimum Gasteiger partial charge on any atom is -0.248 e. The highest BCUT2D eigenvalue weighted by Gasteiger charge is 2.38. The average Bonchev–Trinajstić information content (AvgIpc) is 2.71. The second-order valence-corrected chi connectivity index (χ2v) is 7.09. The predicted octanol–water partition coefficient (Wildman–Crippen LogP) is 4.61. The third kappa shape index (κ3) is 3.10. The fourth-order valence-electron chi connectivity index (χ4n) is 3.81. The first-order chi connectivity index (χ1) is 13.1. The maximum absolute atomic E-state index is 9.91. The maximum Gasteiger partial charge on any atom is 0.190 e. The number of nitrogens with zero attached hydrogens (tertiary/aromatic N) is 4. The van der Waals surface area contributed by atoms with Crippen molar-refractivity contribution in [2.75, 3.05) is 0 Å². The molecule has 4 nitrogen and oxygen atoms in total. The Labute approximate surface area is 160 Å². The topological polar surface area (TPSA) is 84.3 Å². The standard InChI is InChI=1S/C23H20N4/c1-3-11-23(14-25,15-26)22-20(13-24)19-12-16(2)9-10-18(19)21(27-22)17-7-5-4-6-8-17/h3-8,16H,1,9-12H2,2H3/t16-/m0/s1. The van der Waals surface area contributed by atoms with Gasteiger partial charge in [-0.15, -0.1) is 6.58 Å². The summed E-state index contributed by atoms with van der Waals surface area (Å²) in [5.74, 6) is 0.446. The summed E-state index contributed by atoms with van der Waals surface area (Å²) < 4.78 is 0. The Kier molecular flexibility index (Phi) is 5.07. The smallest absolute Gasteiger partial charge is 0.190 e. The monoisotopic (exact) mass is 352 g/mol. The second kappa shape index (κ2) is 7.45. The third-order valence-electron chi connectivity index (χ3n) is 5.25. The van der Waals surface area contributed by atoms with Crippen LogP contribution in [0.2, 0.25) is 0 Å². The largest absolute Gasteiger partial charge is 0.248 e. The lowest BCUT2D eigenvalue weighted by molar-refractivity contribution is 0.498. The normalized spacial score (nSPS) is 15.7. The van der Waals surface area contributed by atoms with Gasteiger partial charge in [0.2, 0.25) is 0 Å². The Balaban J connectivity index is 2.40. The van der Waals surface area contributed by atoms with Crippen LogP contribution in [0, 0.1) is 39.9 Å². The van der Waals surface area contributed by atoms with Crippen LogP contribution >= 0.6 is 0 Å². The molecule has 0 bridgehead atoms. The van der Waals surface area contributed by atoms with Crippen LogP contribution in [0.15, 0.2) is 43.0 Å². The highest BCUT2D eigenvalue weighted by atomic mass is 14.8. The summed E-state index contributed by atoms with van der Waals surface area (Å²) in [7, 11) is 0. The van der Waals surface area contributed by atoms with Gasteiger partial charge >= 0.3 is 0 Å². The zero-order valence-electron chi connectivity index (χ0n) is 15.4. The van der Waals surface area contributed by atoms with Crippen LogP contribution in [-0.4, -0.2) is 4.98 Å². The molecule has 0 unspecified atom stereocenters. The van der Waals surface area contributed by atoms with E-state index >= 15 is 0 Å². The van der Waals surface area contributed by atoms with E-state index < -0.39 is 5.41 Å². The zero-order chi connectivity index (χ0) is 19.4. The van der Waals surface area contributed by atoms with E-state index in [1.54, 1.807) is 6.08 Å². The number of hydrogen-bond acceptors (Lipinski definition) is 4. The molecule has 0 saturated heterocycles. The molecule has 1 atom stereocenters. The summed E-state index contributed by atoms with van der Waals surface area (Å²) in [6, 6.07) is 16.3. The summed E-state index contributed by atoms with van der Waals surface area (Å²) in [5.41, 5.74) is 2.89. The molecule has 2 aromatic rings. The summed E-state index contributed by atoms with van der Waals surface area (Å²) in [5, 5.41) is 29.6. The summed E-state index contributed by atoms with van der Waals surface area (Å²) >= 11 is 0. The second-order valence-electron chi connectivity index (χ2n) is 7.09. The van der Waals surface area contributed by atoms with Gasteiger partial charge in [0.15, 0.2) is 5.41 Å². The molecular formula is C23H20N4. The molecule has 4 heteroatoms. The molecule has 1 aromatic carbocycles. The van der Waals surface area contributed by atoms with Crippen molar-refractivity contribution in [3.05, 3.63) is 65.4 Å². The van der Waals surface area contributed by atoms with Crippen molar-refractivity contribution >= 4 is 0 Å². The van der Waals surface area contributed by atoms with Gasteiger partial charge in [-0.3, -0.25) is 0 Å². The number of benzene rings is 1. The van der Waals surface area contributed by atoms with Crippen molar-refractivity contribution < 1.29 is 0 Å². The van der Waals surface area contributed by atoms with E-state index in [1.807, 2.05) is 30.3 Å². The molecule has 1 aliphatic carbocycles. The van der Waals surface area contributed by atoms with Gasteiger partial charge in [0.25, 0.3) is 0 Å². The lowest BCUT2D eigenvalue weighted by Gasteiger charge is -2.28. The van der Waals surface area contributed by atoms with Crippen LogP contribution in [-0.2, 0) is 18.3 Å². The summed E-state index contributed by atoms with van der Waals surface area (Å²) in [6.07, 6.45) is 4.31. The predicted molar refractivity (Wildman–Crippen MR) is 103 cm³/mol. The fourth-order valence-corrected chi connectivity index (χ4v) is 3.81. The van der Waals surface area contributed by atoms with Gasteiger partial charge in [0.05, 0.1) is 29.1 Å². The molecule has 1 aliphatic rings. The summed E-state index contributed by atoms with van der Waals surface area (Å²) in [4.78, 5) is 4.77. The Morgan fingerprint density at radius 3 is 2.48 bits per heavy atom. The molecule has 0 radical (unpaired) electrons. The van der Waals surface area contributed by atoms with E-state index in [0.29, 0.717) is 11.5 Å². The highest BCUT2D eigenvalue weighted by molar-refractivity contribution is 5.69. The Bertz CT molecular complexity index is 986. The quantitative estimate of drug-likeness (QED) is 0.752. The molecule has 1 heterocycles. The number of rotatable bonds is 4. The van der Waals surface area contributed by atoms with Gasteiger partial charge < -0.3 is 0 Å². The number of nitriles is 3. The molecule has 132 valence electrons. The lowest BCUT2D eigenvalue weighted by Crippen LogP contribution is -2.27. The number of fused-ring (bicyclic) bond motifs is 1. The van der Waals surface area contributed by atoms with Crippen molar-refractivity contribution in [2.24, 2.45) is 5.92 Å². The van der Waals surface area contributed by atoms with Crippen LogP contribution < -0.4 is 0 Å². The fraction of sp³-hybridized carbons (Fsp3) is 0.304. The van der Waals surface area contributed by atoms with Gasteiger partial charge in [-0.25, -0.2) is 4.98 Å². The van der Waals surface area contributed by atoms with E-state index in [-0.39, 0.29) is 12.1 Å². The van der Waals surface area contributed by atoms with Gasteiger partial charge in [0, 0.05) is 12.0 Å². The number of pyridine rings is 1. The molecule has 3 rings (SSSR count). The van der Waals surface area contributed by atoms with E-state index in [4.69, 9.17) is 4.98 Å². The minimum absolute atomic E-state index is 0.129. The van der Waals surface area contributed by atoms with Crippen molar-refractivity contribution in [3.63, 3.8) is 0 Å². The Morgan fingerprint density at radius 1 is 1.19 bits per heavy atom.